The fraction of sp³-hybridized carbons (Fsp3) is 0.594. The molecule has 7 nitrogen and oxygen atoms in total. The first-order chi connectivity index (χ1) is 19.0. The third kappa shape index (κ3) is 7.64. The van der Waals surface area contributed by atoms with Gasteiger partial charge in [-0.2, -0.15) is 0 Å². The van der Waals surface area contributed by atoms with E-state index in [9.17, 15) is 14.7 Å². The van der Waals surface area contributed by atoms with Crippen LogP contribution in [0.3, 0.4) is 0 Å². The molecule has 216 valence electrons. The molecule has 2 saturated carbocycles. The molecular weight excluding hydrogens is 524 g/mol. The number of rotatable bonds is 7. The molecule has 1 amide bonds. The van der Waals surface area contributed by atoms with Gasteiger partial charge in [0.1, 0.15) is 17.2 Å². The predicted molar refractivity (Wildman–Crippen MR) is 158 cm³/mol. The lowest BCUT2D eigenvalue weighted by Gasteiger charge is -2.42. The van der Waals surface area contributed by atoms with Gasteiger partial charge in [-0.25, -0.2) is 4.79 Å². The van der Waals surface area contributed by atoms with Gasteiger partial charge in [-0.3, -0.25) is 9.78 Å². The number of amides is 1. The van der Waals surface area contributed by atoms with Crippen LogP contribution in [0.4, 0.5) is 5.69 Å². The van der Waals surface area contributed by atoms with Crippen LogP contribution in [0.5, 0.6) is 5.75 Å². The van der Waals surface area contributed by atoms with Crippen LogP contribution in [0, 0.1) is 29.1 Å². The van der Waals surface area contributed by atoms with Crippen molar-refractivity contribution in [1.29, 1.82) is 0 Å². The Labute approximate surface area is 242 Å². The largest absolute Gasteiger partial charge is 0.489 e. The SMILES string of the molecule is COC(=O)c1sc(C#CC(C)(C)C)cc1N(C(=O)[C@H]1CC[C@H](C)CC1)C1CCC(O)(COc2cccnc2)CC1. The summed E-state index contributed by atoms with van der Waals surface area (Å²) in [7, 11) is 1.37. The Kier molecular flexibility index (Phi) is 9.58. The first kappa shape index (κ1) is 30.1. The summed E-state index contributed by atoms with van der Waals surface area (Å²) in [5.41, 5.74) is -0.610. The lowest BCUT2D eigenvalue weighted by molar-refractivity contribution is -0.124. The van der Waals surface area contributed by atoms with Crippen molar-refractivity contribution < 1.29 is 24.2 Å². The van der Waals surface area contributed by atoms with Gasteiger partial charge in [0.05, 0.1) is 29.5 Å². The van der Waals surface area contributed by atoms with Gasteiger partial charge in [0.2, 0.25) is 5.91 Å². The van der Waals surface area contributed by atoms with E-state index in [1.807, 2.05) is 37.8 Å². The smallest absolute Gasteiger partial charge is 0.350 e. The Balaban J connectivity index is 1.62. The lowest BCUT2D eigenvalue weighted by Crippen LogP contribution is -2.50. The van der Waals surface area contributed by atoms with E-state index in [1.165, 1.54) is 18.4 Å². The molecule has 1 N–H and O–H groups in total. The molecule has 2 aliphatic carbocycles. The van der Waals surface area contributed by atoms with Crippen LogP contribution < -0.4 is 9.64 Å². The van der Waals surface area contributed by atoms with Crippen LogP contribution in [-0.2, 0) is 9.53 Å². The fourth-order valence-corrected chi connectivity index (χ4v) is 6.42. The second-order valence-electron chi connectivity index (χ2n) is 12.4. The summed E-state index contributed by atoms with van der Waals surface area (Å²) in [5.74, 6) is 7.21. The number of esters is 1. The van der Waals surface area contributed by atoms with E-state index < -0.39 is 11.6 Å². The number of methoxy groups -OCH3 is 1. The van der Waals surface area contributed by atoms with Gasteiger partial charge < -0.3 is 19.5 Å². The number of hydrogen-bond donors (Lipinski definition) is 1. The van der Waals surface area contributed by atoms with E-state index in [4.69, 9.17) is 9.47 Å². The highest BCUT2D eigenvalue weighted by atomic mass is 32.1. The summed E-state index contributed by atoms with van der Waals surface area (Å²) in [6, 6.07) is 5.35. The molecule has 2 aromatic heterocycles. The Morgan fingerprint density at radius 2 is 1.88 bits per heavy atom. The molecule has 2 aromatic rings. The van der Waals surface area contributed by atoms with Gasteiger partial charge in [0.25, 0.3) is 0 Å². The van der Waals surface area contributed by atoms with Crippen molar-refractivity contribution >= 4 is 28.9 Å². The molecule has 0 spiro atoms. The number of thiophene rings is 1. The minimum Gasteiger partial charge on any atom is -0.489 e. The Bertz CT molecular complexity index is 1220. The molecule has 0 radical (unpaired) electrons. The molecule has 0 atom stereocenters. The summed E-state index contributed by atoms with van der Waals surface area (Å²) in [5, 5.41) is 11.3. The van der Waals surface area contributed by atoms with Crippen molar-refractivity contribution in [2.45, 2.75) is 90.7 Å². The molecule has 0 aliphatic heterocycles. The third-order valence-electron chi connectivity index (χ3n) is 7.90. The second-order valence-corrected chi connectivity index (χ2v) is 13.5. The molecule has 0 bridgehead atoms. The van der Waals surface area contributed by atoms with Crippen molar-refractivity contribution in [3.05, 3.63) is 40.3 Å². The van der Waals surface area contributed by atoms with Gasteiger partial charge in [0, 0.05) is 23.6 Å². The molecule has 0 saturated heterocycles. The topological polar surface area (TPSA) is 89.0 Å². The predicted octanol–water partition coefficient (Wildman–Crippen LogP) is 6.24. The second kappa shape index (κ2) is 12.7. The average molecular weight is 567 g/mol. The zero-order chi connectivity index (χ0) is 28.9. The van der Waals surface area contributed by atoms with E-state index in [0.29, 0.717) is 47.9 Å². The zero-order valence-electron chi connectivity index (χ0n) is 24.4. The van der Waals surface area contributed by atoms with E-state index in [-0.39, 0.29) is 29.9 Å². The van der Waals surface area contributed by atoms with E-state index in [1.54, 1.807) is 18.5 Å². The molecule has 2 heterocycles. The number of hydrogen-bond acceptors (Lipinski definition) is 7. The minimum absolute atomic E-state index is 0.0623. The van der Waals surface area contributed by atoms with Crippen molar-refractivity contribution in [1.82, 2.24) is 4.98 Å². The van der Waals surface area contributed by atoms with Crippen molar-refractivity contribution in [2.75, 3.05) is 18.6 Å². The number of anilines is 1. The van der Waals surface area contributed by atoms with Crippen LogP contribution >= 0.6 is 11.3 Å². The zero-order valence-corrected chi connectivity index (χ0v) is 25.2. The highest BCUT2D eigenvalue weighted by molar-refractivity contribution is 7.15. The highest BCUT2D eigenvalue weighted by Crippen LogP contribution is 2.40. The molecule has 2 fully saturated rings. The molecule has 4 rings (SSSR count). The number of pyridine rings is 1. The van der Waals surface area contributed by atoms with Crippen molar-refractivity contribution in [3.8, 4) is 17.6 Å². The van der Waals surface area contributed by atoms with Gasteiger partial charge >= 0.3 is 5.97 Å². The minimum atomic E-state index is -0.996. The van der Waals surface area contributed by atoms with Crippen LogP contribution in [0.15, 0.2) is 30.6 Å². The van der Waals surface area contributed by atoms with Crippen LogP contribution in [0.2, 0.25) is 0 Å². The van der Waals surface area contributed by atoms with E-state index >= 15 is 0 Å². The maximum atomic E-state index is 14.2. The van der Waals surface area contributed by atoms with Crippen LogP contribution in [0.1, 0.15) is 93.6 Å². The number of carbonyl (C=O) groups is 2. The van der Waals surface area contributed by atoms with Crippen molar-refractivity contribution in [3.63, 3.8) is 0 Å². The third-order valence-corrected chi connectivity index (χ3v) is 8.92. The first-order valence-electron chi connectivity index (χ1n) is 14.3. The Morgan fingerprint density at radius 3 is 2.48 bits per heavy atom. The maximum Gasteiger partial charge on any atom is 0.350 e. The molecule has 8 heteroatoms. The lowest BCUT2D eigenvalue weighted by atomic mass is 9.79. The van der Waals surface area contributed by atoms with E-state index in [2.05, 4.69) is 23.7 Å². The number of ether oxygens (including phenoxy) is 2. The number of nitrogens with zero attached hydrogens (tertiary/aromatic N) is 2. The van der Waals surface area contributed by atoms with E-state index in [0.717, 1.165) is 30.6 Å². The summed E-state index contributed by atoms with van der Waals surface area (Å²) in [6.45, 7) is 8.52. The molecule has 0 aromatic carbocycles. The Hall–Kier alpha value is -2.89. The summed E-state index contributed by atoms with van der Waals surface area (Å²) < 4.78 is 11.0. The van der Waals surface area contributed by atoms with Crippen LogP contribution in [-0.4, -0.2) is 47.3 Å². The summed E-state index contributed by atoms with van der Waals surface area (Å²) in [4.78, 5) is 34.2. The van der Waals surface area contributed by atoms with Crippen molar-refractivity contribution in [2.24, 2.45) is 17.3 Å². The van der Waals surface area contributed by atoms with Crippen LogP contribution in [0.25, 0.3) is 0 Å². The molecule has 0 unspecified atom stereocenters. The van der Waals surface area contributed by atoms with Gasteiger partial charge in [-0.15, -0.1) is 11.3 Å². The molecular formula is C32H42N2O5S. The van der Waals surface area contributed by atoms with Gasteiger partial charge in [0.15, 0.2) is 0 Å². The normalized spacial score (nSPS) is 24.9. The van der Waals surface area contributed by atoms with Gasteiger partial charge in [-0.1, -0.05) is 18.8 Å². The quantitative estimate of drug-likeness (QED) is 0.315. The number of aliphatic hydroxyl groups is 1. The fourth-order valence-electron chi connectivity index (χ4n) is 5.50. The number of carbonyl (C=O) groups excluding carboxylic acids is 2. The molecule has 2 aliphatic rings. The number of aromatic nitrogens is 1. The van der Waals surface area contributed by atoms with Gasteiger partial charge in [-0.05, 0) is 96.3 Å². The summed E-state index contributed by atoms with van der Waals surface area (Å²) in [6.07, 6.45) is 9.22. The molecule has 40 heavy (non-hydrogen) atoms. The summed E-state index contributed by atoms with van der Waals surface area (Å²) >= 11 is 1.28. The average Bonchev–Trinajstić information content (AvgIpc) is 3.36. The Morgan fingerprint density at radius 1 is 1.18 bits per heavy atom. The highest BCUT2D eigenvalue weighted by Gasteiger charge is 2.41. The standard InChI is InChI=1S/C32H42N2O5S/c1-22-8-10-23(11-9-22)29(35)34(27-19-26(14-15-31(2,3)4)40-28(27)30(36)38-5)24-12-16-32(37,17-13-24)21-39-25-7-6-18-33-20-25/h6-7,18-20,22-24,37H,8-13,16-17,21H2,1-5H3/t22-,23-,24?,32?. The maximum absolute atomic E-state index is 14.2. The first-order valence-corrected chi connectivity index (χ1v) is 15.1. The monoisotopic (exact) mass is 566 g/mol.